The second-order valence-corrected chi connectivity index (χ2v) is 11.0. The van der Waals surface area contributed by atoms with Gasteiger partial charge in [-0.05, 0) is 60.7 Å². The molecular weight excluding hydrogens is 518 g/mol. The van der Waals surface area contributed by atoms with Gasteiger partial charge in [-0.25, -0.2) is 0 Å². The molecule has 11 heteroatoms. The summed E-state index contributed by atoms with van der Waals surface area (Å²) >= 11 is 1.38. The van der Waals surface area contributed by atoms with Crippen LogP contribution in [0.2, 0.25) is 0 Å². The zero-order valence-electron chi connectivity index (χ0n) is 21.3. The Morgan fingerprint density at radius 1 is 1.08 bits per heavy atom. The number of benzene rings is 2. The molecule has 1 aliphatic heterocycles. The maximum atomic E-state index is 13.2. The molecule has 2 aliphatic rings. The van der Waals surface area contributed by atoms with Crippen LogP contribution < -0.4 is 21.1 Å². The number of hydrogen-bond acceptors (Lipinski definition) is 7. The van der Waals surface area contributed by atoms with Gasteiger partial charge in [0.05, 0.1) is 13.1 Å². The highest BCUT2D eigenvalue weighted by atomic mass is 32.1. The predicted octanol–water partition coefficient (Wildman–Crippen LogP) is 3.06. The van der Waals surface area contributed by atoms with Crippen molar-refractivity contribution in [1.29, 1.82) is 0 Å². The first kappa shape index (κ1) is 26.2. The van der Waals surface area contributed by atoms with Crippen LogP contribution in [0.4, 0.5) is 0 Å². The second kappa shape index (κ2) is 10.8. The number of rotatable bonds is 9. The van der Waals surface area contributed by atoms with E-state index in [1.54, 1.807) is 40.6 Å². The lowest BCUT2D eigenvalue weighted by Crippen LogP contribution is -2.50. The number of ether oxygens (including phenoxy) is 1. The van der Waals surface area contributed by atoms with Crippen molar-refractivity contribution in [2.24, 2.45) is 16.3 Å². The standard InChI is InChI=1S/C28H29N5O5S/c1-28-12-22(27(36)30-14-21-11-18(16-39-21)25(29)32-37)33(23(28)13-28)24(34)15-31-26(35)17-7-9-20(10-8-17)38-19-5-3-2-4-6-19/h2-11,16,22-23,37H,12-15H2,1H3,(H2,29,32)(H,30,36)(H,31,35)/t22-,23-,28+/m0/s1. The molecule has 0 spiro atoms. The predicted molar refractivity (Wildman–Crippen MR) is 146 cm³/mol. The molecule has 3 aromatic rings. The molecule has 0 bridgehead atoms. The van der Waals surface area contributed by atoms with E-state index < -0.39 is 6.04 Å². The van der Waals surface area contributed by atoms with Crippen molar-refractivity contribution in [3.05, 3.63) is 82.0 Å². The summed E-state index contributed by atoms with van der Waals surface area (Å²) in [5.74, 6) is 0.379. The molecule has 1 saturated heterocycles. The summed E-state index contributed by atoms with van der Waals surface area (Å²) in [7, 11) is 0. The van der Waals surface area contributed by atoms with E-state index in [4.69, 9.17) is 15.7 Å². The zero-order chi connectivity index (χ0) is 27.6. The van der Waals surface area contributed by atoms with Gasteiger partial charge >= 0.3 is 0 Å². The largest absolute Gasteiger partial charge is 0.457 e. The summed E-state index contributed by atoms with van der Waals surface area (Å²) in [4.78, 5) is 41.4. The molecule has 10 nitrogen and oxygen atoms in total. The maximum absolute atomic E-state index is 13.2. The highest BCUT2D eigenvalue weighted by Crippen LogP contribution is 2.59. The number of hydrogen-bond donors (Lipinski definition) is 4. The summed E-state index contributed by atoms with van der Waals surface area (Å²) in [5, 5.41) is 19.1. The fraction of sp³-hybridized carbons (Fsp3) is 0.286. The molecule has 5 N–H and O–H groups in total. The number of amides is 3. The van der Waals surface area contributed by atoms with E-state index in [2.05, 4.69) is 22.7 Å². The van der Waals surface area contributed by atoms with Gasteiger partial charge in [0, 0.05) is 27.4 Å². The van der Waals surface area contributed by atoms with E-state index in [0.717, 1.165) is 11.3 Å². The Morgan fingerprint density at radius 3 is 2.51 bits per heavy atom. The molecule has 2 fully saturated rings. The third-order valence-electron chi connectivity index (χ3n) is 7.22. The van der Waals surface area contributed by atoms with Crippen molar-refractivity contribution >= 4 is 34.9 Å². The lowest BCUT2D eigenvalue weighted by atomic mass is 10.0. The number of nitrogens with one attached hydrogen (secondary N) is 2. The number of nitrogens with zero attached hydrogens (tertiary/aromatic N) is 2. The van der Waals surface area contributed by atoms with Crippen molar-refractivity contribution in [2.45, 2.75) is 38.4 Å². The molecule has 2 aromatic carbocycles. The van der Waals surface area contributed by atoms with Crippen LogP contribution in [0.3, 0.4) is 0 Å². The smallest absolute Gasteiger partial charge is 0.251 e. The molecule has 1 saturated carbocycles. The van der Waals surface area contributed by atoms with Crippen molar-refractivity contribution in [3.8, 4) is 11.5 Å². The van der Waals surface area contributed by atoms with Crippen molar-refractivity contribution in [3.63, 3.8) is 0 Å². The van der Waals surface area contributed by atoms with Crippen molar-refractivity contribution in [1.82, 2.24) is 15.5 Å². The molecule has 1 aliphatic carbocycles. The van der Waals surface area contributed by atoms with Crippen LogP contribution in [0, 0.1) is 5.41 Å². The Morgan fingerprint density at radius 2 is 1.79 bits per heavy atom. The van der Waals surface area contributed by atoms with Gasteiger partial charge in [-0.15, -0.1) is 11.3 Å². The molecule has 39 heavy (non-hydrogen) atoms. The topological polar surface area (TPSA) is 146 Å². The first-order chi connectivity index (χ1) is 18.8. The monoisotopic (exact) mass is 547 g/mol. The molecule has 5 rings (SSSR count). The quantitative estimate of drug-likeness (QED) is 0.140. The second-order valence-electron chi connectivity index (χ2n) is 10.0. The van der Waals surface area contributed by atoms with Gasteiger partial charge in [-0.2, -0.15) is 0 Å². The van der Waals surface area contributed by atoms with E-state index in [1.165, 1.54) is 11.3 Å². The number of carbonyl (C=O) groups is 3. The Labute approximate surface area is 229 Å². The van der Waals surface area contributed by atoms with Gasteiger partial charge in [0.2, 0.25) is 11.8 Å². The Balaban J connectivity index is 1.15. The molecule has 202 valence electrons. The maximum Gasteiger partial charge on any atom is 0.251 e. The Kier molecular flexibility index (Phi) is 7.25. The number of nitrogens with two attached hydrogens (primary N) is 1. The highest BCUT2D eigenvalue weighted by molar-refractivity contribution is 7.10. The third kappa shape index (κ3) is 5.73. The number of fused-ring (bicyclic) bond motifs is 1. The normalized spacial score (nSPS) is 21.7. The molecule has 0 unspecified atom stereocenters. The summed E-state index contributed by atoms with van der Waals surface area (Å²) in [6.07, 6.45) is 1.42. The number of likely N-dealkylation sites (tertiary alicyclic amines) is 1. The van der Waals surface area contributed by atoms with Gasteiger partial charge in [-0.1, -0.05) is 30.3 Å². The molecule has 1 aromatic heterocycles. The minimum absolute atomic E-state index is 0.00270. The number of amidine groups is 1. The summed E-state index contributed by atoms with van der Waals surface area (Å²) in [6, 6.07) is 17.1. The average Bonchev–Trinajstić information content (AvgIpc) is 3.26. The number of thiophene rings is 1. The van der Waals surface area contributed by atoms with Gasteiger partial charge in [0.25, 0.3) is 5.91 Å². The zero-order valence-corrected chi connectivity index (χ0v) is 22.1. The van der Waals surface area contributed by atoms with Crippen LogP contribution >= 0.6 is 11.3 Å². The summed E-state index contributed by atoms with van der Waals surface area (Å²) in [6.45, 7) is 2.14. The van der Waals surface area contributed by atoms with E-state index in [1.807, 2.05) is 30.3 Å². The minimum atomic E-state index is -0.601. The van der Waals surface area contributed by atoms with Crippen LogP contribution in [-0.2, 0) is 16.1 Å². The fourth-order valence-electron chi connectivity index (χ4n) is 4.97. The first-order valence-electron chi connectivity index (χ1n) is 12.5. The lowest BCUT2D eigenvalue weighted by molar-refractivity contribution is -0.139. The van der Waals surface area contributed by atoms with E-state index in [-0.39, 0.29) is 48.1 Å². The average molecular weight is 548 g/mol. The summed E-state index contributed by atoms with van der Waals surface area (Å²) < 4.78 is 5.75. The van der Waals surface area contributed by atoms with Gasteiger partial charge in [0.15, 0.2) is 5.84 Å². The van der Waals surface area contributed by atoms with Crippen LogP contribution in [0.1, 0.15) is 40.6 Å². The minimum Gasteiger partial charge on any atom is -0.457 e. The molecule has 0 radical (unpaired) electrons. The number of oxime groups is 1. The van der Waals surface area contributed by atoms with E-state index >= 15 is 0 Å². The molecule has 3 atom stereocenters. The lowest BCUT2D eigenvalue weighted by Gasteiger charge is -2.27. The van der Waals surface area contributed by atoms with Crippen LogP contribution in [0.25, 0.3) is 0 Å². The SMILES string of the molecule is C[C@@]12C[C@@H]1N(C(=O)CNC(=O)c1ccc(Oc3ccccc3)cc1)[C@H](C(=O)NCc1cc(/C(N)=N/O)cs1)C2. The van der Waals surface area contributed by atoms with Gasteiger partial charge in [-0.3, -0.25) is 14.4 Å². The first-order valence-corrected chi connectivity index (χ1v) is 13.4. The van der Waals surface area contributed by atoms with Crippen molar-refractivity contribution < 1.29 is 24.3 Å². The van der Waals surface area contributed by atoms with Crippen LogP contribution in [0.15, 0.2) is 71.2 Å². The van der Waals surface area contributed by atoms with E-state index in [9.17, 15) is 14.4 Å². The number of carbonyl (C=O) groups excluding carboxylic acids is 3. The van der Waals surface area contributed by atoms with Crippen molar-refractivity contribution in [2.75, 3.05) is 6.54 Å². The highest BCUT2D eigenvalue weighted by Gasteiger charge is 2.64. The molecule has 3 amide bonds. The van der Waals surface area contributed by atoms with Gasteiger partial charge in [0.1, 0.15) is 17.5 Å². The Bertz CT molecular complexity index is 1410. The fourth-order valence-corrected chi connectivity index (χ4v) is 5.78. The molecular formula is C28H29N5O5S. The van der Waals surface area contributed by atoms with Gasteiger partial charge < -0.3 is 31.2 Å². The Hall–Kier alpha value is -4.38. The van der Waals surface area contributed by atoms with Crippen LogP contribution in [-0.4, -0.2) is 52.3 Å². The number of piperidine rings is 1. The van der Waals surface area contributed by atoms with E-state index in [0.29, 0.717) is 29.0 Å². The summed E-state index contributed by atoms with van der Waals surface area (Å²) in [5.41, 5.74) is 6.50. The molecule has 2 heterocycles. The number of para-hydroxylation sites is 1. The third-order valence-corrected chi connectivity index (χ3v) is 8.15. The van der Waals surface area contributed by atoms with Crippen LogP contribution in [0.5, 0.6) is 11.5 Å².